The molecule has 0 unspecified atom stereocenters. The predicted molar refractivity (Wildman–Crippen MR) is 95.9 cm³/mol. The second-order valence-corrected chi connectivity index (χ2v) is 5.47. The SMILES string of the molecule is CCOc1ccc(C(=O)NCC(=O)OCC(=O)Nc2ccc(F)cc2F)cc1. The Morgan fingerprint density at radius 3 is 2.39 bits per heavy atom. The molecule has 0 bridgehead atoms. The Kier molecular flexibility index (Phi) is 7.44. The van der Waals surface area contributed by atoms with E-state index in [1.165, 1.54) is 12.1 Å². The molecule has 0 aliphatic heterocycles. The van der Waals surface area contributed by atoms with Gasteiger partial charge in [0, 0.05) is 11.6 Å². The molecule has 0 heterocycles. The van der Waals surface area contributed by atoms with Crippen molar-refractivity contribution in [3.05, 3.63) is 59.7 Å². The molecule has 0 saturated carbocycles. The molecule has 28 heavy (non-hydrogen) atoms. The van der Waals surface area contributed by atoms with E-state index in [-0.39, 0.29) is 5.69 Å². The molecule has 0 atom stereocenters. The molecular formula is C19H18F2N2O5. The van der Waals surface area contributed by atoms with Crippen LogP contribution in [0, 0.1) is 11.6 Å². The van der Waals surface area contributed by atoms with Crippen molar-refractivity contribution in [3.63, 3.8) is 0 Å². The number of hydrogen-bond donors (Lipinski definition) is 2. The fourth-order valence-electron chi connectivity index (χ4n) is 2.10. The highest BCUT2D eigenvalue weighted by molar-refractivity contribution is 5.96. The number of esters is 1. The molecule has 2 aromatic rings. The van der Waals surface area contributed by atoms with Crippen molar-refractivity contribution in [2.45, 2.75) is 6.92 Å². The van der Waals surface area contributed by atoms with Gasteiger partial charge >= 0.3 is 5.97 Å². The zero-order valence-corrected chi connectivity index (χ0v) is 15.0. The lowest BCUT2D eigenvalue weighted by atomic mass is 10.2. The largest absolute Gasteiger partial charge is 0.494 e. The smallest absolute Gasteiger partial charge is 0.325 e. The van der Waals surface area contributed by atoms with Crippen molar-refractivity contribution < 1.29 is 32.6 Å². The normalized spacial score (nSPS) is 10.1. The number of halogens is 2. The number of anilines is 1. The maximum absolute atomic E-state index is 13.4. The summed E-state index contributed by atoms with van der Waals surface area (Å²) >= 11 is 0. The van der Waals surface area contributed by atoms with E-state index in [0.717, 1.165) is 12.1 Å². The number of rotatable bonds is 8. The van der Waals surface area contributed by atoms with Gasteiger partial charge in [-0.05, 0) is 43.3 Å². The highest BCUT2D eigenvalue weighted by Gasteiger charge is 2.12. The Bertz CT molecular complexity index is 856. The van der Waals surface area contributed by atoms with Gasteiger partial charge < -0.3 is 20.1 Å². The van der Waals surface area contributed by atoms with E-state index < -0.39 is 42.6 Å². The molecule has 0 aromatic heterocycles. The number of carbonyl (C=O) groups excluding carboxylic acids is 3. The van der Waals surface area contributed by atoms with Crippen LogP contribution in [0.5, 0.6) is 5.75 Å². The highest BCUT2D eigenvalue weighted by Crippen LogP contribution is 2.14. The fraction of sp³-hybridized carbons (Fsp3) is 0.211. The lowest BCUT2D eigenvalue weighted by Crippen LogP contribution is -2.32. The van der Waals surface area contributed by atoms with Crippen molar-refractivity contribution in [3.8, 4) is 5.75 Å². The minimum atomic E-state index is -0.956. The third-order valence-corrected chi connectivity index (χ3v) is 3.39. The van der Waals surface area contributed by atoms with E-state index in [4.69, 9.17) is 9.47 Å². The van der Waals surface area contributed by atoms with Gasteiger partial charge in [0.1, 0.15) is 23.9 Å². The Hall–Kier alpha value is -3.49. The molecule has 148 valence electrons. The Balaban J connectivity index is 1.74. The Morgan fingerprint density at radius 1 is 1.04 bits per heavy atom. The maximum atomic E-state index is 13.4. The van der Waals surface area contributed by atoms with Crippen LogP contribution in [-0.2, 0) is 14.3 Å². The molecule has 0 saturated heterocycles. The number of hydrogen-bond acceptors (Lipinski definition) is 5. The van der Waals surface area contributed by atoms with E-state index >= 15 is 0 Å². The Morgan fingerprint density at radius 2 is 1.75 bits per heavy atom. The van der Waals surface area contributed by atoms with Crippen molar-refractivity contribution in [1.82, 2.24) is 5.32 Å². The first kappa shape index (κ1) is 20.8. The standard InChI is InChI=1S/C19H18F2N2O5/c1-2-27-14-6-3-12(4-7-14)19(26)22-10-18(25)28-11-17(24)23-16-8-5-13(20)9-15(16)21/h3-9H,2,10-11H2,1H3,(H,22,26)(H,23,24). The minimum Gasteiger partial charge on any atom is -0.494 e. The summed E-state index contributed by atoms with van der Waals surface area (Å²) in [6.45, 7) is 1.19. The van der Waals surface area contributed by atoms with Crippen LogP contribution in [0.1, 0.15) is 17.3 Å². The van der Waals surface area contributed by atoms with E-state index in [1.807, 2.05) is 6.92 Å². The first-order valence-corrected chi connectivity index (χ1v) is 8.30. The quantitative estimate of drug-likeness (QED) is 0.673. The number of carbonyl (C=O) groups is 3. The van der Waals surface area contributed by atoms with Crippen LogP contribution in [-0.4, -0.2) is 37.5 Å². The predicted octanol–water partition coefficient (Wildman–Crippen LogP) is 2.28. The number of amides is 2. The van der Waals surface area contributed by atoms with Gasteiger partial charge in [0.05, 0.1) is 12.3 Å². The van der Waals surface area contributed by atoms with Gasteiger partial charge in [0.2, 0.25) is 0 Å². The summed E-state index contributed by atoms with van der Waals surface area (Å²) in [5.41, 5.74) is 0.0760. The summed E-state index contributed by atoms with van der Waals surface area (Å²) in [6.07, 6.45) is 0. The number of benzene rings is 2. The molecule has 9 heteroatoms. The molecule has 0 aliphatic rings. The first-order chi connectivity index (χ1) is 13.4. The second-order valence-electron chi connectivity index (χ2n) is 5.47. The van der Waals surface area contributed by atoms with Crippen LogP contribution in [0.15, 0.2) is 42.5 Å². The third kappa shape index (κ3) is 6.35. The summed E-state index contributed by atoms with van der Waals surface area (Å²) in [5.74, 6) is -3.29. The van der Waals surface area contributed by atoms with Crippen LogP contribution in [0.25, 0.3) is 0 Å². The molecule has 0 aliphatic carbocycles. The lowest BCUT2D eigenvalue weighted by molar-refractivity contribution is -0.146. The summed E-state index contributed by atoms with van der Waals surface area (Å²) in [7, 11) is 0. The molecule has 7 nitrogen and oxygen atoms in total. The number of nitrogens with one attached hydrogen (secondary N) is 2. The van der Waals surface area contributed by atoms with E-state index in [0.29, 0.717) is 24.0 Å². The van der Waals surface area contributed by atoms with E-state index in [9.17, 15) is 23.2 Å². The highest BCUT2D eigenvalue weighted by atomic mass is 19.1. The second kappa shape index (κ2) is 10.0. The van der Waals surface area contributed by atoms with Crippen molar-refractivity contribution in [2.75, 3.05) is 25.1 Å². The molecule has 2 aromatic carbocycles. The fourth-order valence-corrected chi connectivity index (χ4v) is 2.10. The van der Waals surface area contributed by atoms with E-state index in [2.05, 4.69) is 10.6 Å². The van der Waals surface area contributed by atoms with Gasteiger partial charge in [-0.3, -0.25) is 14.4 Å². The maximum Gasteiger partial charge on any atom is 0.325 e. The average molecular weight is 392 g/mol. The summed E-state index contributed by atoms with van der Waals surface area (Å²) < 4.78 is 36.2. The lowest BCUT2D eigenvalue weighted by Gasteiger charge is -2.08. The summed E-state index contributed by atoms with van der Waals surface area (Å²) in [6, 6.07) is 8.94. The van der Waals surface area contributed by atoms with Crippen LogP contribution < -0.4 is 15.4 Å². The van der Waals surface area contributed by atoms with Crippen molar-refractivity contribution >= 4 is 23.5 Å². The zero-order valence-electron chi connectivity index (χ0n) is 15.0. The van der Waals surface area contributed by atoms with Gasteiger partial charge in [-0.2, -0.15) is 0 Å². The molecule has 0 fully saturated rings. The topological polar surface area (TPSA) is 93.7 Å². The van der Waals surface area contributed by atoms with Crippen LogP contribution in [0.3, 0.4) is 0 Å². The zero-order chi connectivity index (χ0) is 20.5. The third-order valence-electron chi connectivity index (χ3n) is 3.39. The molecular weight excluding hydrogens is 374 g/mol. The molecule has 2 rings (SSSR count). The first-order valence-electron chi connectivity index (χ1n) is 8.30. The van der Waals surface area contributed by atoms with Crippen LogP contribution in [0.4, 0.5) is 14.5 Å². The molecule has 2 N–H and O–H groups in total. The molecule has 2 amide bonds. The monoisotopic (exact) mass is 392 g/mol. The van der Waals surface area contributed by atoms with Gasteiger partial charge in [0.15, 0.2) is 6.61 Å². The van der Waals surface area contributed by atoms with E-state index in [1.54, 1.807) is 12.1 Å². The summed E-state index contributed by atoms with van der Waals surface area (Å²) in [5, 5.41) is 4.49. The average Bonchev–Trinajstić information content (AvgIpc) is 2.67. The van der Waals surface area contributed by atoms with Gasteiger partial charge in [-0.25, -0.2) is 8.78 Å². The Labute approximate surface area is 159 Å². The summed E-state index contributed by atoms with van der Waals surface area (Å²) in [4.78, 5) is 35.2. The van der Waals surface area contributed by atoms with Crippen LogP contribution >= 0.6 is 0 Å². The van der Waals surface area contributed by atoms with Crippen LogP contribution in [0.2, 0.25) is 0 Å². The molecule has 0 radical (unpaired) electrons. The number of ether oxygens (including phenoxy) is 2. The van der Waals surface area contributed by atoms with Crippen molar-refractivity contribution in [2.24, 2.45) is 0 Å². The van der Waals surface area contributed by atoms with Gasteiger partial charge in [-0.15, -0.1) is 0 Å². The van der Waals surface area contributed by atoms with Gasteiger partial charge in [0.25, 0.3) is 11.8 Å². The van der Waals surface area contributed by atoms with Gasteiger partial charge in [-0.1, -0.05) is 0 Å². The minimum absolute atomic E-state index is 0.244. The van der Waals surface area contributed by atoms with Crippen molar-refractivity contribution in [1.29, 1.82) is 0 Å². The molecule has 0 spiro atoms.